The quantitative estimate of drug-likeness (QED) is 0.575. The smallest absolute Gasteiger partial charge is 0.279 e. The molecule has 0 saturated heterocycles. The number of sulfonamides is 1. The molecule has 2 N–H and O–H groups in total. The maximum absolute atomic E-state index is 12.2. The van der Waals surface area contributed by atoms with Gasteiger partial charge in [-0.25, -0.2) is 13.1 Å². The van der Waals surface area contributed by atoms with Gasteiger partial charge in [0.2, 0.25) is 15.9 Å². The summed E-state index contributed by atoms with van der Waals surface area (Å²) in [6.07, 6.45) is 0. The predicted octanol–water partition coefficient (Wildman–Crippen LogP) is 3.59. The Labute approximate surface area is 168 Å². The van der Waals surface area contributed by atoms with Crippen LogP contribution < -0.4 is 4.72 Å². The maximum atomic E-state index is 12.2. The maximum Gasteiger partial charge on any atom is 0.279 e. The highest BCUT2D eigenvalue weighted by Crippen LogP contribution is 2.39. The number of fused-ring (bicyclic) bond motifs is 1. The molecule has 0 aliphatic carbocycles. The predicted molar refractivity (Wildman–Crippen MR) is 110 cm³/mol. The minimum atomic E-state index is -3.82. The average Bonchev–Trinajstić information content (AvgIpc) is 2.96. The third kappa shape index (κ3) is 4.69. The number of hydrogen-bond acceptors (Lipinski definition) is 5. The first-order valence-corrected chi connectivity index (χ1v) is 10.6. The second-order valence-electron chi connectivity index (χ2n) is 6.93. The molecule has 8 nitrogen and oxygen atoms in total. The molecule has 0 saturated carbocycles. The molecular weight excluding hydrogens is 392 g/mol. The lowest BCUT2D eigenvalue weighted by Gasteiger charge is -2.09. The van der Waals surface area contributed by atoms with E-state index in [1.807, 2.05) is 26.0 Å². The van der Waals surface area contributed by atoms with Gasteiger partial charge in [-0.2, -0.15) is 0 Å². The van der Waals surface area contributed by atoms with Gasteiger partial charge in [0.25, 0.3) is 5.91 Å². The van der Waals surface area contributed by atoms with E-state index in [9.17, 15) is 18.3 Å². The topological polar surface area (TPSA) is 113 Å². The third-order valence-corrected chi connectivity index (χ3v) is 5.61. The number of carbonyl (C=O) groups is 1. The zero-order valence-corrected chi connectivity index (χ0v) is 16.9. The van der Waals surface area contributed by atoms with E-state index < -0.39 is 22.5 Å². The number of nitrogens with zero attached hydrogens (tertiary/aromatic N) is 3. The summed E-state index contributed by atoms with van der Waals surface area (Å²) < 4.78 is 28.2. The number of hydrogen-bond donors (Lipinski definition) is 2. The standard InChI is InChI=1S/C20H22N4O4S/c1-14(2)13-24-17-11-7-6-10-16(17)19(20(24)26)23-22-18(25)12-21-29(27,28)15-8-4-3-5-9-15/h3-11,14,21,26H,12-13H2,1-2H3. The first-order chi connectivity index (χ1) is 13.8. The molecule has 152 valence electrons. The third-order valence-electron chi connectivity index (χ3n) is 4.19. The van der Waals surface area contributed by atoms with Crippen molar-refractivity contribution in [3.63, 3.8) is 0 Å². The molecule has 0 spiro atoms. The Morgan fingerprint density at radius 1 is 1.10 bits per heavy atom. The molecule has 9 heteroatoms. The number of nitrogens with one attached hydrogen (secondary N) is 1. The van der Waals surface area contributed by atoms with Crippen LogP contribution >= 0.6 is 0 Å². The van der Waals surface area contributed by atoms with Gasteiger partial charge in [-0.05, 0) is 24.1 Å². The van der Waals surface area contributed by atoms with Crippen molar-refractivity contribution in [3.05, 3.63) is 54.6 Å². The molecule has 1 amide bonds. The number of benzene rings is 2. The molecule has 3 rings (SSSR count). The SMILES string of the molecule is CC(C)Cn1c(O)c(N=NC(=O)CNS(=O)(=O)c2ccccc2)c2ccccc21. The molecule has 2 aromatic carbocycles. The van der Waals surface area contributed by atoms with Crippen LogP contribution in [-0.2, 0) is 21.4 Å². The lowest BCUT2D eigenvalue weighted by Crippen LogP contribution is -2.28. The zero-order chi connectivity index (χ0) is 21.0. The van der Waals surface area contributed by atoms with Crippen molar-refractivity contribution in [2.75, 3.05) is 6.54 Å². The average molecular weight is 414 g/mol. The molecule has 0 aliphatic rings. The van der Waals surface area contributed by atoms with E-state index in [1.54, 1.807) is 34.9 Å². The number of carbonyl (C=O) groups excluding carboxylic acids is 1. The minimum Gasteiger partial charge on any atom is -0.493 e. The van der Waals surface area contributed by atoms with Gasteiger partial charge in [0.1, 0.15) is 0 Å². The largest absolute Gasteiger partial charge is 0.493 e. The zero-order valence-electron chi connectivity index (χ0n) is 16.1. The van der Waals surface area contributed by atoms with Crippen LogP contribution in [0.2, 0.25) is 0 Å². The van der Waals surface area contributed by atoms with Gasteiger partial charge in [-0.1, -0.05) is 50.2 Å². The Bertz CT molecular complexity index is 1150. The molecular formula is C20H22N4O4S. The fourth-order valence-electron chi connectivity index (χ4n) is 2.90. The fraction of sp³-hybridized carbons (Fsp3) is 0.250. The molecule has 1 aromatic heterocycles. The van der Waals surface area contributed by atoms with E-state index in [0.29, 0.717) is 11.9 Å². The first-order valence-electron chi connectivity index (χ1n) is 9.09. The van der Waals surface area contributed by atoms with Crippen LogP contribution in [0.3, 0.4) is 0 Å². The molecule has 29 heavy (non-hydrogen) atoms. The lowest BCUT2D eigenvalue weighted by molar-refractivity contribution is -0.117. The monoisotopic (exact) mass is 414 g/mol. The molecule has 0 radical (unpaired) electrons. The van der Waals surface area contributed by atoms with Gasteiger partial charge in [0.05, 0.1) is 17.0 Å². The first kappa shape index (κ1) is 20.7. The summed E-state index contributed by atoms with van der Waals surface area (Å²) in [6.45, 7) is 4.09. The van der Waals surface area contributed by atoms with Gasteiger partial charge >= 0.3 is 0 Å². The lowest BCUT2D eigenvalue weighted by atomic mass is 10.2. The van der Waals surface area contributed by atoms with E-state index in [4.69, 9.17) is 0 Å². The van der Waals surface area contributed by atoms with Gasteiger partial charge in [-0.3, -0.25) is 4.79 Å². The summed E-state index contributed by atoms with van der Waals surface area (Å²) in [5.74, 6) is -0.568. The van der Waals surface area contributed by atoms with Crippen LogP contribution in [0.25, 0.3) is 10.9 Å². The Morgan fingerprint density at radius 3 is 2.45 bits per heavy atom. The van der Waals surface area contributed by atoms with E-state index in [-0.39, 0.29) is 22.4 Å². The second kappa shape index (κ2) is 8.54. The Kier molecular flexibility index (Phi) is 6.09. The number of para-hydroxylation sites is 1. The van der Waals surface area contributed by atoms with Gasteiger partial charge < -0.3 is 9.67 Å². The highest BCUT2D eigenvalue weighted by Gasteiger charge is 2.18. The molecule has 0 aliphatic heterocycles. The summed E-state index contributed by atoms with van der Waals surface area (Å²) in [4.78, 5) is 12.1. The number of aromatic hydroxyl groups is 1. The molecule has 0 fully saturated rings. The van der Waals surface area contributed by atoms with Crippen molar-refractivity contribution in [2.45, 2.75) is 25.3 Å². The van der Waals surface area contributed by atoms with Crippen LogP contribution in [0.5, 0.6) is 5.88 Å². The molecule has 1 heterocycles. The molecule has 3 aromatic rings. The van der Waals surface area contributed by atoms with Crippen LogP contribution in [-0.4, -0.2) is 30.5 Å². The van der Waals surface area contributed by atoms with Crippen molar-refractivity contribution in [3.8, 4) is 5.88 Å². The fourth-order valence-corrected chi connectivity index (χ4v) is 3.90. The summed E-state index contributed by atoms with van der Waals surface area (Å²) in [7, 11) is -3.82. The highest BCUT2D eigenvalue weighted by atomic mass is 32.2. The summed E-state index contributed by atoms with van der Waals surface area (Å²) >= 11 is 0. The van der Waals surface area contributed by atoms with Crippen molar-refractivity contribution in [1.82, 2.24) is 9.29 Å². The summed E-state index contributed by atoms with van der Waals surface area (Å²) in [5, 5.41) is 18.7. The van der Waals surface area contributed by atoms with Crippen LogP contribution in [0, 0.1) is 5.92 Å². The Morgan fingerprint density at radius 2 is 1.76 bits per heavy atom. The number of rotatable bonds is 7. The Balaban J connectivity index is 1.79. The van der Waals surface area contributed by atoms with Crippen LogP contribution in [0.4, 0.5) is 5.69 Å². The van der Waals surface area contributed by atoms with Gasteiger partial charge in [0.15, 0.2) is 5.69 Å². The van der Waals surface area contributed by atoms with E-state index in [0.717, 1.165) is 5.52 Å². The highest BCUT2D eigenvalue weighted by molar-refractivity contribution is 7.89. The molecule has 0 unspecified atom stereocenters. The summed E-state index contributed by atoms with van der Waals surface area (Å²) in [5.41, 5.74) is 0.963. The van der Waals surface area contributed by atoms with Crippen molar-refractivity contribution >= 4 is 32.5 Å². The van der Waals surface area contributed by atoms with E-state index >= 15 is 0 Å². The van der Waals surface area contributed by atoms with Crippen LogP contribution in [0.1, 0.15) is 13.8 Å². The van der Waals surface area contributed by atoms with E-state index in [1.165, 1.54) is 12.1 Å². The minimum absolute atomic E-state index is 0.0548. The van der Waals surface area contributed by atoms with Crippen molar-refractivity contribution in [2.24, 2.45) is 16.1 Å². The van der Waals surface area contributed by atoms with Gasteiger partial charge in [-0.15, -0.1) is 10.2 Å². The van der Waals surface area contributed by atoms with Crippen molar-refractivity contribution in [1.29, 1.82) is 0 Å². The second-order valence-corrected chi connectivity index (χ2v) is 8.69. The van der Waals surface area contributed by atoms with E-state index in [2.05, 4.69) is 15.0 Å². The van der Waals surface area contributed by atoms with Crippen LogP contribution in [0.15, 0.2) is 69.7 Å². The number of azo groups is 1. The number of amides is 1. The van der Waals surface area contributed by atoms with Crippen molar-refractivity contribution < 1.29 is 18.3 Å². The molecule has 0 bridgehead atoms. The Hall–Kier alpha value is -3.04. The summed E-state index contributed by atoms with van der Waals surface area (Å²) in [6, 6.07) is 15.0. The molecule has 0 atom stereocenters. The number of aromatic nitrogens is 1. The normalized spacial score (nSPS) is 12.2. The van der Waals surface area contributed by atoms with Gasteiger partial charge in [0, 0.05) is 11.9 Å².